The quantitative estimate of drug-likeness (QED) is 0.680. The SMILES string of the molecule is C[C@H](N)c1cc(O)ccc1Cl. The molecule has 0 spiro atoms. The molecule has 60 valence electrons. The van der Waals surface area contributed by atoms with Gasteiger partial charge in [-0.15, -0.1) is 0 Å². The number of nitrogens with two attached hydrogens (primary N) is 1. The summed E-state index contributed by atoms with van der Waals surface area (Å²) in [6, 6.07) is 4.60. The zero-order chi connectivity index (χ0) is 8.43. The van der Waals surface area contributed by atoms with Crippen LogP contribution in [0.1, 0.15) is 18.5 Å². The van der Waals surface area contributed by atoms with Crippen molar-refractivity contribution in [3.8, 4) is 5.75 Å². The lowest BCUT2D eigenvalue weighted by atomic mass is 10.1. The van der Waals surface area contributed by atoms with Crippen molar-refractivity contribution in [1.82, 2.24) is 0 Å². The first-order chi connectivity index (χ1) is 5.11. The fraction of sp³-hybridized carbons (Fsp3) is 0.250. The normalized spacial score (nSPS) is 13.0. The summed E-state index contributed by atoms with van der Waals surface area (Å²) in [5, 5.41) is 9.67. The van der Waals surface area contributed by atoms with Gasteiger partial charge in [-0.2, -0.15) is 0 Å². The van der Waals surface area contributed by atoms with E-state index in [2.05, 4.69) is 0 Å². The summed E-state index contributed by atoms with van der Waals surface area (Å²) in [6.07, 6.45) is 0. The standard InChI is InChI=1S/C8H10ClNO/c1-5(10)7-4-6(11)2-3-8(7)9/h2-5,11H,10H2,1H3/t5-/m0/s1. The highest BCUT2D eigenvalue weighted by Gasteiger charge is 2.04. The van der Waals surface area contributed by atoms with Gasteiger partial charge in [0.1, 0.15) is 5.75 Å². The molecule has 0 amide bonds. The van der Waals surface area contributed by atoms with Gasteiger partial charge in [0.25, 0.3) is 0 Å². The highest BCUT2D eigenvalue weighted by molar-refractivity contribution is 6.31. The van der Waals surface area contributed by atoms with Crippen LogP contribution in [0.4, 0.5) is 0 Å². The van der Waals surface area contributed by atoms with Crippen LogP contribution in [-0.4, -0.2) is 5.11 Å². The lowest BCUT2D eigenvalue weighted by Crippen LogP contribution is -2.05. The molecular formula is C8H10ClNO. The fourth-order valence-electron chi connectivity index (χ4n) is 0.880. The smallest absolute Gasteiger partial charge is 0.116 e. The Bertz CT molecular complexity index is 260. The molecule has 0 fully saturated rings. The first kappa shape index (κ1) is 8.37. The Morgan fingerprint density at radius 1 is 1.55 bits per heavy atom. The summed E-state index contributed by atoms with van der Waals surface area (Å²) in [5.41, 5.74) is 6.36. The van der Waals surface area contributed by atoms with Gasteiger partial charge in [0.2, 0.25) is 0 Å². The topological polar surface area (TPSA) is 46.2 Å². The number of halogens is 1. The van der Waals surface area contributed by atoms with Crippen LogP contribution in [0, 0.1) is 0 Å². The number of phenols is 1. The van der Waals surface area contributed by atoms with Gasteiger partial charge in [-0.3, -0.25) is 0 Å². The van der Waals surface area contributed by atoms with Crippen molar-refractivity contribution in [2.24, 2.45) is 5.73 Å². The number of phenolic OH excluding ortho intramolecular Hbond substituents is 1. The molecule has 0 aliphatic heterocycles. The number of benzene rings is 1. The molecule has 1 rings (SSSR count). The largest absolute Gasteiger partial charge is 0.508 e. The first-order valence-corrected chi connectivity index (χ1v) is 3.73. The molecule has 3 heteroatoms. The Hall–Kier alpha value is -0.730. The Morgan fingerprint density at radius 2 is 2.18 bits per heavy atom. The van der Waals surface area contributed by atoms with Crippen molar-refractivity contribution in [2.75, 3.05) is 0 Å². The van der Waals surface area contributed by atoms with Crippen molar-refractivity contribution in [2.45, 2.75) is 13.0 Å². The summed E-state index contributed by atoms with van der Waals surface area (Å²) in [7, 11) is 0. The second-order valence-electron chi connectivity index (χ2n) is 2.49. The Balaban J connectivity index is 3.13. The number of rotatable bonds is 1. The molecule has 3 N–H and O–H groups in total. The van der Waals surface area contributed by atoms with Crippen LogP contribution in [-0.2, 0) is 0 Å². The summed E-state index contributed by atoms with van der Waals surface area (Å²) >= 11 is 5.80. The van der Waals surface area contributed by atoms with Crippen LogP contribution >= 0.6 is 11.6 Å². The highest BCUT2D eigenvalue weighted by atomic mass is 35.5. The third-order valence-electron chi connectivity index (χ3n) is 1.47. The maximum atomic E-state index is 9.07. The van der Waals surface area contributed by atoms with Crippen LogP contribution in [0.3, 0.4) is 0 Å². The molecule has 11 heavy (non-hydrogen) atoms. The van der Waals surface area contributed by atoms with E-state index in [0.29, 0.717) is 5.02 Å². The van der Waals surface area contributed by atoms with E-state index < -0.39 is 0 Å². The van der Waals surface area contributed by atoms with E-state index in [1.54, 1.807) is 12.1 Å². The molecular weight excluding hydrogens is 162 g/mol. The maximum Gasteiger partial charge on any atom is 0.116 e. The lowest BCUT2D eigenvalue weighted by molar-refractivity contribution is 0.474. The minimum Gasteiger partial charge on any atom is -0.508 e. The number of hydrogen-bond donors (Lipinski definition) is 2. The average Bonchev–Trinajstić information content (AvgIpc) is 1.94. The second kappa shape index (κ2) is 3.11. The molecule has 2 nitrogen and oxygen atoms in total. The van der Waals surface area contributed by atoms with Gasteiger partial charge < -0.3 is 10.8 Å². The van der Waals surface area contributed by atoms with E-state index in [9.17, 15) is 0 Å². The first-order valence-electron chi connectivity index (χ1n) is 3.35. The van der Waals surface area contributed by atoms with Crippen LogP contribution in [0.2, 0.25) is 5.02 Å². The van der Waals surface area contributed by atoms with Crippen molar-refractivity contribution in [3.63, 3.8) is 0 Å². The third-order valence-corrected chi connectivity index (χ3v) is 1.81. The predicted octanol–water partition coefficient (Wildman–Crippen LogP) is 2.07. The van der Waals surface area contributed by atoms with Crippen LogP contribution in [0.5, 0.6) is 5.75 Å². The van der Waals surface area contributed by atoms with Crippen molar-refractivity contribution in [1.29, 1.82) is 0 Å². The lowest BCUT2D eigenvalue weighted by Gasteiger charge is -2.07. The molecule has 0 saturated heterocycles. The van der Waals surface area contributed by atoms with Gasteiger partial charge in [0.05, 0.1) is 0 Å². The summed E-state index contributed by atoms with van der Waals surface area (Å²) < 4.78 is 0. The molecule has 0 unspecified atom stereocenters. The van der Waals surface area contributed by atoms with Gasteiger partial charge in [0, 0.05) is 11.1 Å². The van der Waals surface area contributed by atoms with Crippen molar-refractivity contribution in [3.05, 3.63) is 28.8 Å². The van der Waals surface area contributed by atoms with E-state index in [1.807, 2.05) is 6.92 Å². The zero-order valence-electron chi connectivity index (χ0n) is 6.21. The van der Waals surface area contributed by atoms with Crippen LogP contribution < -0.4 is 5.73 Å². The molecule has 1 atom stereocenters. The highest BCUT2D eigenvalue weighted by Crippen LogP contribution is 2.24. The molecule has 0 saturated carbocycles. The third kappa shape index (κ3) is 1.85. The van der Waals surface area contributed by atoms with Crippen molar-refractivity contribution >= 4 is 11.6 Å². The Morgan fingerprint density at radius 3 is 2.64 bits per heavy atom. The number of aromatic hydroxyl groups is 1. The van der Waals surface area contributed by atoms with Gasteiger partial charge >= 0.3 is 0 Å². The van der Waals surface area contributed by atoms with Gasteiger partial charge in [0.15, 0.2) is 0 Å². The van der Waals surface area contributed by atoms with Crippen LogP contribution in [0.15, 0.2) is 18.2 Å². The van der Waals surface area contributed by atoms with E-state index >= 15 is 0 Å². The number of hydrogen-bond acceptors (Lipinski definition) is 2. The molecule has 0 radical (unpaired) electrons. The van der Waals surface area contributed by atoms with Crippen LogP contribution in [0.25, 0.3) is 0 Å². The van der Waals surface area contributed by atoms with Gasteiger partial charge in [-0.05, 0) is 30.7 Å². The molecule has 0 heterocycles. The molecule has 0 bridgehead atoms. The molecule has 1 aromatic rings. The predicted molar refractivity (Wildman–Crippen MR) is 45.7 cm³/mol. The van der Waals surface area contributed by atoms with E-state index in [0.717, 1.165) is 5.56 Å². The van der Waals surface area contributed by atoms with E-state index in [1.165, 1.54) is 6.07 Å². The van der Waals surface area contributed by atoms with E-state index in [-0.39, 0.29) is 11.8 Å². The average molecular weight is 172 g/mol. The van der Waals surface area contributed by atoms with Gasteiger partial charge in [-0.1, -0.05) is 11.6 Å². The maximum absolute atomic E-state index is 9.07. The summed E-state index contributed by atoms with van der Waals surface area (Å²) in [5.74, 6) is 0.196. The molecule has 0 aliphatic carbocycles. The summed E-state index contributed by atoms with van der Waals surface area (Å²) in [6.45, 7) is 1.82. The van der Waals surface area contributed by atoms with E-state index in [4.69, 9.17) is 22.4 Å². The fourth-order valence-corrected chi connectivity index (χ4v) is 1.17. The molecule has 1 aromatic carbocycles. The molecule has 0 aliphatic rings. The minimum absolute atomic E-state index is 0.144. The summed E-state index contributed by atoms with van der Waals surface area (Å²) in [4.78, 5) is 0. The van der Waals surface area contributed by atoms with Crippen molar-refractivity contribution < 1.29 is 5.11 Å². The monoisotopic (exact) mass is 171 g/mol. The zero-order valence-corrected chi connectivity index (χ0v) is 6.97. The Labute approximate surface area is 70.6 Å². The second-order valence-corrected chi connectivity index (χ2v) is 2.90. The minimum atomic E-state index is -0.144. The Kier molecular flexibility index (Phi) is 2.37. The van der Waals surface area contributed by atoms with Gasteiger partial charge in [-0.25, -0.2) is 0 Å². The molecule has 0 aromatic heterocycles.